The van der Waals surface area contributed by atoms with E-state index in [4.69, 9.17) is 27.5 Å². The van der Waals surface area contributed by atoms with Crippen LogP contribution in [0.15, 0.2) is 18.2 Å². The third-order valence-electron chi connectivity index (χ3n) is 2.02. The number of halogens is 1. The molecule has 0 spiro atoms. The maximum absolute atomic E-state index is 11.6. The highest BCUT2D eigenvalue weighted by Gasteiger charge is 2.16. The third-order valence-corrected chi connectivity index (χ3v) is 2.34. The van der Waals surface area contributed by atoms with Crippen molar-refractivity contribution in [3.05, 3.63) is 38.9 Å². The van der Waals surface area contributed by atoms with Crippen molar-refractivity contribution in [2.24, 2.45) is 0 Å². The van der Waals surface area contributed by atoms with E-state index in [0.717, 1.165) is 6.07 Å². The summed E-state index contributed by atoms with van der Waals surface area (Å²) < 4.78 is 9.76. The Balaban J connectivity index is 2.60. The molecule has 7 heteroatoms. The highest BCUT2D eigenvalue weighted by molar-refractivity contribution is 6.32. The van der Waals surface area contributed by atoms with Crippen LogP contribution in [0.4, 0.5) is 5.69 Å². The molecule has 0 fully saturated rings. The lowest BCUT2D eigenvalue weighted by atomic mass is 10.2. The minimum absolute atomic E-state index is 0.0109. The lowest BCUT2D eigenvalue weighted by molar-refractivity contribution is -0.384. The Hall–Kier alpha value is -2.10. The van der Waals surface area contributed by atoms with Crippen molar-refractivity contribution in [3.8, 4) is 12.3 Å². The minimum Gasteiger partial charge on any atom is -0.460 e. The minimum atomic E-state index is -0.691. The molecule has 1 rings (SSSR count). The van der Waals surface area contributed by atoms with Crippen molar-refractivity contribution in [2.45, 2.75) is 0 Å². The second-order valence-electron chi connectivity index (χ2n) is 3.32. The molecule has 0 aromatic heterocycles. The fourth-order valence-corrected chi connectivity index (χ4v) is 1.37. The Morgan fingerprint density at radius 3 is 2.84 bits per heavy atom. The van der Waals surface area contributed by atoms with E-state index in [1.54, 1.807) is 0 Å². The number of nitrogens with zero attached hydrogens (tertiary/aromatic N) is 1. The van der Waals surface area contributed by atoms with E-state index in [1.165, 1.54) is 12.1 Å². The molecular weight excluding hydrogens is 274 g/mol. The summed E-state index contributed by atoms with van der Waals surface area (Å²) in [5.41, 5.74) is -0.298. The molecule has 0 heterocycles. The van der Waals surface area contributed by atoms with Crippen LogP contribution in [0.1, 0.15) is 10.4 Å². The quantitative estimate of drug-likeness (QED) is 0.262. The molecule has 100 valence electrons. The predicted molar refractivity (Wildman–Crippen MR) is 68.0 cm³/mol. The molecule has 0 aliphatic rings. The van der Waals surface area contributed by atoms with Crippen LogP contribution in [0.2, 0.25) is 5.02 Å². The zero-order valence-corrected chi connectivity index (χ0v) is 10.6. The summed E-state index contributed by atoms with van der Waals surface area (Å²) >= 11 is 5.62. The van der Waals surface area contributed by atoms with E-state index in [-0.39, 0.29) is 36.1 Å². The van der Waals surface area contributed by atoms with E-state index in [2.05, 4.69) is 5.92 Å². The maximum atomic E-state index is 11.6. The number of carbonyl (C=O) groups excluding carboxylic acids is 1. The number of terminal acetylenes is 1. The van der Waals surface area contributed by atoms with Crippen LogP contribution in [-0.4, -0.2) is 30.7 Å². The van der Waals surface area contributed by atoms with Gasteiger partial charge in [-0.1, -0.05) is 17.5 Å². The monoisotopic (exact) mass is 283 g/mol. The fraction of sp³-hybridized carbons (Fsp3) is 0.250. The van der Waals surface area contributed by atoms with Gasteiger partial charge in [0, 0.05) is 6.07 Å². The van der Waals surface area contributed by atoms with Gasteiger partial charge >= 0.3 is 5.97 Å². The molecule has 0 bridgehead atoms. The molecule has 19 heavy (non-hydrogen) atoms. The van der Waals surface area contributed by atoms with Crippen LogP contribution >= 0.6 is 11.6 Å². The van der Waals surface area contributed by atoms with E-state index >= 15 is 0 Å². The SMILES string of the molecule is C#CCOCCOC(=O)c1ccc(Cl)c([N+](=O)[O-])c1. The molecule has 0 saturated carbocycles. The average molecular weight is 284 g/mol. The Kier molecular flexibility index (Phi) is 5.79. The van der Waals surface area contributed by atoms with E-state index in [1.807, 2.05) is 0 Å². The summed E-state index contributed by atoms with van der Waals surface area (Å²) in [7, 11) is 0. The number of hydrogen-bond donors (Lipinski definition) is 0. The first kappa shape index (κ1) is 15.0. The third kappa shape index (κ3) is 4.58. The smallest absolute Gasteiger partial charge is 0.338 e. The van der Waals surface area contributed by atoms with Crippen LogP contribution < -0.4 is 0 Å². The first-order valence-electron chi connectivity index (χ1n) is 5.18. The number of nitro benzene ring substituents is 1. The van der Waals surface area contributed by atoms with Gasteiger partial charge < -0.3 is 9.47 Å². The van der Waals surface area contributed by atoms with Crippen molar-refractivity contribution in [1.29, 1.82) is 0 Å². The molecule has 0 radical (unpaired) electrons. The summed E-state index contributed by atoms with van der Waals surface area (Å²) in [5, 5.41) is 10.6. The summed E-state index contributed by atoms with van der Waals surface area (Å²) in [4.78, 5) is 21.6. The van der Waals surface area contributed by atoms with Crippen LogP contribution in [0.3, 0.4) is 0 Å². The van der Waals surface area contributed by atoms with Crippen LogP contribution in [0, 0.1) is 22.5 Å². The molecule has 0 unspecified atom stereocenters. The molecular formula is C12H10ClNO5. The van der Waals surface area contributed by atoms with Crippen molar-refractivity contribution in [2.75, 3.05) is 19.8 Å². The number of hydrogen-bond acceptors (Lipinski definition) is 5. The lowest BCUT2D eigenvalue weighted by Gasteiger charge is -2.05. The van der Waals surface area contributed by atoms with Gasteiger partial charge in [-0.05, 0) is 12.1 Å². The van der Waals surface area contributed by atoms with Gasteiger partial charge in [-0.3, -0.25) is 10.1 Å². The van der Waals surface area contributed by atoms with Gasteiger partial charge in [0.2, 0.25) is 0 Å². The fourth-order valence-electron chi connectivity index (χ4n) is 1.19. The van der Waals surface area contributed by atoms with Crippen molar-refractivity contribution < 1.29 is 19.2 Å². The van der Waals surface area contributed by atoms with Crippen molar-refractivity contribution in [3.63, 3.8) is 0 Å². The Labute approximate surface area is 114 Å². The van der Waals surface area contributed by atoms with Gasteiger partial charge in [0.05, 0.1) is 17.1 Å². The van der Waals surface area contributed by atoms with Crippen LogP contribution in [0.5, 0.6) is 0 Å². The number of rotatable bonds is 6. The second kappa shape index (κ2) is 7.36. The normalized spacial score (nSPS) is 9.68. The van der Waals surface area contributed by atoms with Crippen LogP contribution in [-0.2, 0) is 9.47 Å². The summed E-state index contributed by atoms with van der Waals surface area (Å²) in [6, 6.07) is 3.68. The number of carbonyl (C=O) groups is 1. The van der Waals surface area contributed by atoms with Crippen molar-refractivity contribution >= 4 is 23.3 Å². The Morgan fingerprint density at radius 1 is 1.47 bits per heavy atom. The molecule has 0 amide bonds. The summed E-state index contributed by atoms with van der Waals surface area (Å²) in [6.45, 7) is 0.298. The highest BCUT2D eigenvalue weighted by Crippen LogP contribution is 2.25. The van der Waals surface area contributed by atoms with Gasteiger partial charge in [-0.25, -0.2) is 4.79 Å². The van der Waals surface area contributed by atoms with Crippen LogP contribution in [0.25, 0.3) is 0 Å². The largest absolute Gasteiger partial charge is 0.460 e. The molecule has 6 nitrogen and oxygen atoms in total. The number of nitro groups is 1. The Morgan fingerprint density at radius 2 is 2.21 bits per heavy atom. The van der Waals surface area contributed by atoms with E-state index in [9.17, 15) is 14.9 Å². The zero-order valence-electron chi connectivity index (χ0n) is 9.80. The molecule has 0 aliphatic heterocycles. The lowest BCUT2D eigenvalue weighted by Crippen LogP contribution is -2.11. The molecule has 0 N–H and O–H groups in total. The molecule has 0 saturated heterocycles. The molecule has 1 aromatic carbocycles. The summed E-state index contributed by atoms with van der Waals surface area (Å²) in [5.74, 6) is 1.57. The zero-order chi connectivity index (χ0) is 14.3. The molecule has 1 aromatic rings. The van der Waals surface area contributed by atoms with E-state index < -0.39 is 10.9 Å². The first-order valence-corrected chi connectivity index (χ1v) is 5.56. The maximum Gasteiger partial charge on any atom is 0.338 e. The standard InChI is InChI=1S/C12H10ClNO5/c1-2-5-18-6-7-19-12(15)9-3-4-10(13)11(8-9)14(16)17/h1,3-4,8H,5-7H2. The second-order valence-corrected chi connectivity index (χ2v) is 3.72. The highest BCUT2D eigenvalue weighted by atomic mass is 35.5. The number of esters is 1. The molecule has 0 atom stereocenters. The van der Waals surface area contributed by atoms with Gasteiger partial charge in [0.25, 0.3) is 5.69 Å². The summed E-state index contributed by atoms with van der Waals surface area (Å²) in [6.07, 6.45) is 4.96. The van der Waals surface area contributed by atoms with E-state index in [0.29, 0.717) is 0 Å². The number of benzene rings is 1. The van der Waals surface area contributed by atoms with Crippen molar-refractivity contribution in [1.82, 2.24) is 0 Å². The Bertz CT molecular complexity index is 523. The molecule has 0 aliphatic carbocycles. The van der Waals surface area contributed by atoms with Gasteiger partial charge in [-0.2, -0.15) is 0 Å². The topological polar surface area (TPSA) is 78.7 Å². The first-order chi connectivity index (χ1) is 9.06. The predicted octanol–water partition coefficient (Wildman–Crippen LogP) is 2.05. The number of ether oxygens (including phenoxy) is 2. The van der Waals surface area contributed by atoms with Gasteiger partial charge in [-0.15, -0.1) is 6.42 Å². The van der Waals surface area contributed by atoms with Gasteiger partial charge in [0.1, 0.15) is 18.2 Å². The van der Waals surface area contributed by atoms with Gasteiger partial charge in [0.15, 0.2) is 0 Å². The average Bonchev–Trinajstić information content (AvgIpc) is 2.38.